The van der Waals surface area contributed by atoms with Gasteiger partial charge in [-0.2, -0.15) is 0 Å². The summed E-state index contributed by atoms with van der Waals surface area (Å²) >= 11 is 1.56. The predicted molar refractivity (Wildman–Crippen MR) is 109 cm³/mol. The fourth-order valence-electron chi connectivity index (χ4n) is 2.56. The third-order valence-corrected chi connectivity index (χ3v) is 6.47. The molecule has 2 N–H and O–H groups in total. The molecule has 1 aromatic rings. The van der Waals surface area contributed by atoms with Gasteiger partial charge in [-0.15, -0.1) is 35.7 Å². The van der Waals surface area contributed by atoms with Gasteiger partial charge in [-0.25, -0.2) is 12.8 Å². The summed E-state index contributed by atoms with van der Waals surface area (Å²) in [6.07, 6.45) is 2.64. The van der Waals surface area contributed by atoms with Crippen molar-refractivity contribution in [2.24, 2.45) is 10.9 Å². The summed E-state index contributed by atoms with van der Waals surface area (Å²) in [5.41, 5.74) is 0.865. The van der Waals surface area contributed by atoms with Gasteiger partial charge in [0.1, 0.15) is 5.82 Å². The Morgan fingerprint density at radius 2 is 2.17 bits per heavy atom. The summed E-state index contributed by atoms with van der Waals surface area (Å²) in [6, 6.07) is 4.72. The number of thioether (sulfide) groups is 1. The quantitative estimate of drug-likeness (QED) is 0.289. The minimum atomic E-state index is -2.86. The molecular weight excluding hydrogens is 464 g/mol. The Balaban J connectivity index is 0.00000288. The molecule has 1 fully saturated rings. The molecule has 1 unspecified atom stereocenters. The van der Waals surface area contributed by atoms with Gasteiger partial charge >= 0.3 is 0 Å². The van der Waals surface area contributed by atoms with E-state index in [-0.39, 0.29) is 47.2 Å². The SMILES string of the molecule is CN=C(NCc1cc(F)ccc1SC)NCC1CCS(=O)(=O)C1.I. The molecule has 0 aliphatic carbocycles. The monoisotopic (exact) mass is 487 g/mol. The van der Waals surface area contributed by atoms with Crippen molar-refractivity contribution in [2.45, 2.75) is 17.9 Å². The minimum absolute atomic E-state index is 0. The zero-order valence-corrected chi connectivity index (χ0v) is 17.7. The summed E-state index contributed by atoms with van der Waals surface area (Å²) in [4.78, 5) is 5.13. The van der Waals surface area contributed by atoms with Crippen molar-refractivity contribution in [3.05, 3.63) is 29.6 Å². The summed E-state index contributed by atoms with van der Waals surface area (Å²) < 4.78 is 36.3. The summed E-state index contributed by atoms with van der Waals surface area (Å²) in [6.45, 7) is 1.02. The Morgan fingerprint density at radius 3 is 2.75 bits per heavy atom. The molecule has 1 atom stereocenters. The van der Waals surface area contributed by atoms with Crippen LogP contribution in [0.5, 0.6) is 0 Å². The van der Waals surface area contributed by atoms with E-state index in [9.17, 15) is 12.8 Å². The lowest BCUT2D eigenvalue weighted by Crippen LogP contribution is -2.39. The second kappa shape index (κ2) is 9.81. The second-order valence-electron chi connectivity index (χ2n) is 5.53. The number of rotatable bonds is 5. The fraction of sp³-hybridized carbons (Fsp3) is 0.533. The average Bonchev–Trinajstić information content (AvgIpc) is 2.87. The molecule has 9 heteroatoms. The molecular formula is C15H23FIN3O2S2. The van der Waals surface area contributed by atoms with Gasteiger partial charge in [0, 0.05) is 25.0 Å². The molecule has 0 saturated carbocycles. The van der Waals surface area contributed by atoms with E-state index in [4.69, 9.17) is 0 Å². The van der Waals surface area contributed by atoms with Crippen molar-refractivity contribution < 1.29 is 12.8 Å². The highest BCUT2D eigenvalue weighted by Gasteiger charge is 2.27. The zero-order chi connectivity index (χ0) is 16.9. The molecule has 1 aliphatic rings. The van der Waals surface area contributed by atoms with Crippen LogP contribution < -0.4 is 10.6 Å². The van der Waals surface area contributed by atoms with E-state index >= 15 is 0 Å². The lowest BCUT2D eigenvalue weighted by atomic mass is 10.1. The Kier molecular flexibility index (Phi) is 8.78. The van der Waals surface area contributed by atoms with E-state index < -0.39 is 9.84 Å². The van der Waals surface area contributed by atoms with Crippen molar-refractivity contribution in [1.29, 1.82) is 0 Å². The number of aliphatic imine (C=N–C) groups is 1. The largest absolute Gasteiger partial charge is 0.356 e. The van der Waals surface area contributed by atoms with E-state index in [1.165, 1.54) is 12.1 Å². The van der Waals surface area contributed by atoms with Crippen LogP contribution in [0.25, 0.3) is 0 Å². The number of nitrogens with one attached hydrogen (secondary N) is 2. The first-order valence-electron chi connectivity index (χ1n) is 7.41. The van der Waals surface area contributed by atoms with Crippen molar-refractivity contribution >= 4 is 51.5 Å². The lowest BCUT2D eigenvalue weighted by Gasteiger charge is -2.15. The van der Waals surface area contributed by atoms with Crippen LogP contribution in [0.2, 0.25) is 0 Å². The number of halogens is 2. The van der Waals surface area contributed by atoms with Crippen molar-refractivity contribution in [3.63, 3.8) is 0 Å². The predicted octanol–water partition coefficient (Wildman–Crippen LogP) is 2.27. The van der Waals surface area contributed by atoms with Crippen LogP contribution in [0.15, 0.2) is 28.1 Å². The molecule has 2 rings (SSSR count). The van der Waals surface area contributed by atoms with Gasteiger partial charge < -0.3 is 10.6 Å². The second-order valence-corrected chi connectivity index (χ2v) is 8.61. The molecule has 24 heavy (non-hydrogen) atoms. The van der Waals surface area contributed by atoms with Crippen LogP contribution in [0, 0.1) is 11.7 Å². The maximum Gasteiger partial charge on any atom is 0.191 e. The van der Waals surface area contributed by atoms with E-state index in [1.54, 1.807) is 24.9 Å². The molecule has 1 aromatic carbocycles. The number of sulfone groups is 1. The minimum Gasteiger partial charge on any atom is -0.356 e. The maximum absolute atomic E-state index is 13.4. The molecule has 0 bridgehead atoms. The molecule has 5 nitrogen and oxygen atoms in total. The topological polar surface area (TPSA) is 70.6 Å². The first-order chi connectivity index (χ1) is 10.9. The van der Waals surface area contributed by atoms with Gasteiger partial charge in [0.15, 0.2) is 15.8 Å². The molecule has 136 valence electrons. The molecule has 1 heterocycles. The average molecular weight is 487 g/mol. The van der Waals surface area contributed by atoms with Gasteiger partial charge in [-0.1, -0.05) is 0 Å². The van der Waals surface area contributed by atoms with Crippen LogP contribution in [0.4, 0.5) is 4.39 Å². The Labute approximate surface area is 164 Å². The highest BCUT2D eigenvalue weighted by Crippen LogP contribution is 2.21. The third-order valence-electron chi connectivity index (χ3n) is 3.80. The van der Waals surface area contributed by atoms with Crippen molar-refractivity contribution in [1.82, 2.24) is 10.6 Å². The van der Waals surface area contributed by atoms with Crippen LogP contribution in [-0.4, -0.2) is 45.7 Å². The first kappa shape index (κ1) is 21.5. The Hall–Kier alpha value is -0.550. The van der Waals surface area contributed by atoms with Crippen LogP contribution in [-0.2, 0) is 16.4 Å². The zero-order valence-electron chi connectivity index (χ0n) is 13.7. The number of benzene rings is 1. The van der Waals surface area contributed by atoms with Gasteiger partial charge in [-0.3, -0.25) is 4.99 Å². The Morgan fingerprint density at radius 1 is 1.42 bits per heavy atom. The number of hydrogen-bond acceptors (Lipinski definition) is 4. The number of hydrogen-bond donors (Lipinski definition) is 2. The fourth-order valence-corrected chi connectivity index (χ4v) is 5.02. The van der Waals surface area contributed by atoms with E-state index in [0.29, 0.717) is 25.5 Å². The number of nitrogens with zero attached hydrogens (tertiary/aromatic N) is 1. The molecule has 1 saturated heterocycles. The highest BCUT2D eigenvalue weighted by molar-refractivity contribution is 14.0. The van der Waals surface area contributed by atoms with Crippen LogP contribution in [0.1, 0.15) is 12.0 Å². The van der Waals surface area contributed by atoms with Gasteiger partial charge in [-0.05, 0) is 42.4 Å². The third kappa shape index (κ3) is 6.40. The number of guanidine groups is 1. The molecule has 0 aromatic heterocycles. The summed E-state index contributed by atoms with van der Waals surface area (Å²) in [5.74, 6) is 0.947. The highest BCUT2D eigenvalue weighted by atomic mass is 127. The first-order valence-corrected chi connectivity index (χ1v) is 10.5. The lowest BCUT2D eigenvalue weighted by molar-refractivity contribution is 0.567. The van der Waals surface area contributed by atoms with E-state index in [1.807, 2.05) is 6.26 Å². The van der Waals surface area contributed by atoms with Gasteiger partial charge in [0.2, 0.25) is 0 Å². The van der Waals surface area contributed by atoms with Gasteiger partial charge in [0.25, 0.3) is 0 Å². The van der Waals surface area contributed by atoms with Crippen molar-refractivity contribution in [2.75, 3.05) is 31.4 Å². The smallest absolute Gasteiger partial charge is 0.191 e. The summed E-state index contributed by atoms with van der Waals surface area (Å²) in [5, 5.41) is 6.29. The molecule has 1 aliphatic heterocycles. The molecule has 0 radical (unpaired) electrons. The van der Waals surface area contributed by atoms with Crippen molar-refractivity contribution in [3.8, 4) is 0 Å². The molecule has 0 spiro atoms. The van der Waals surface area contributed by atoms with E-state index in [2.05, 4.69) is 15.6 Å². The van der Waals surface area contributed by atoms with E-state index in [0.717, 1.165) is 10.5 Å². The van der Waals surface area contributed by atoms with Crippen LogP contribution in [0.3, 0.4) is 0 Å². The standard InChI is InChI=1S/C15H22FN3O2S2.HI/c1-17-15(18-8-11-5-6-23(20,21)10-11)19-9-12-7-13(16)3-4-14(12)22-2;/h3-4,7,11H,5-6,8-10H2,1-2H3,(H2,17,18,19);1H. The molecule has 0 amide bonds. The van der Waals surface area contributed by atoms with Crippen LogP contribution >= 0.6 is 35.7 Å². The Bertz CT molecular complexity index is 683. The summed E-state index contributed by atoms with van der Waals surface area (Å²) in [7, 11) is -1.21. The maximum atomic E-state index is 13.4. The normalized spacial score (nSPS) is 19.6. The van der Waals surface area contributed by atoms with Gasteiger partial charge in [0.05, 0.1) is 11.5 Å².